The smallest absolute Gasteiger partial charge is 0.165 e. The Labute approximate surface area is 107 Å². The maximum absolute atomic E-state index is 4.18. The number of nitrogens with zero attached hydrogens (tertiary/aromatic N) is 3. The van der Waals surface area contributed by atoms with Crippen molar-refractivity contribution < 1.29 is 0 Å². The molecule has 1 heterocycles. The fourth-order valence-electron chi connectivity index (χ4n) is 2.31. The predicted octanol–water partition coefficient (Wildman–Crippen LogP) is 2.69. The quantitative estimate of drug-likeness (QED) is 0.896. The van der Waals surface area contributed by atoms with Gasteiger partial charge < -0.3 is 9.88 Å². The van der Waals surface area contributed by atoms with Crippen molar-refractivity contribution in [1.29, 1.82) is 0 Å². The van der Waals surface area contributed by atoms with Gasteiger partial charge in [0.15, 0.2) is 5.82 Å². The molecule has 1 aliphatic carbocycles. The van der Waals surface area contributed by atoms with Crippen LogP contribution >= 0.6 is 0 Å². The molecule has 4 nitrogen and oxygen atoms in total. The molecule has 94 valence electrons. The van der Waals surface area contributed by atoms with Gasteiger partial charge in [-0.25, -0.2) is 0 Å². The van der Waals surface area contributed by atoms with Crippen LogP contribution in [0.5, 0.6) is 0 Å². The molecule has 1 fully saturated rings. The van der Waals surface area contributed by atoms with Gasteiger partial charge in [-0.15, -0.1) is 10.2 Å². The number of anilines is 1. The number of nitrogens with one attached hydrogen (secondary N) is 1. The third-order valence-electron chi connectivity index (χ3n) is 3.69. The molecule has 0 radical (unpaired) electrons. The standard InChI is InChI=1S/C14H18N4/c1-18-10-16-17-14(18)12-7-2-3-8-13(12)15-9-11-5-4-6-11/h2-3,7-8,10-11,15H,4-6,9H2,1H3. The predicted molar refractivity (Wildman–Crippen MR) is 72.3 cm³/mol. The van der Waals surface area contributed by atoms with Crippen molar-refractivity contribution in [3.05, 3.63) is 30.6 Å². The van der Waals surface area contributed by atoms with Crippen LogP contribution in [0.25, 0.3) is 11.4 Å². The monoisotopic (exact) mass is 242 g/mol. The van der Waals surface area contributed by atoms with Crippen LogP contribution in [0.3, 0.4) is 0 Å². The zero-order chi connectivity index (χ0) is 12.4. The van der Waals surface area contributed by atoms with Crippen molar-refractivity contribution in [3.63, 3.8) is 0 Å². The summed E-state index contributed by atoms with van der Waals surface area (Å²) in [6.07, 6.45) is 5.84. The first kappa shape index (κ1) is 11.3. The van der Waals surface area contributed by atoms with Crippen LogP contribution in [0.15, 0.2) is 30.6 Å². The number of hydrogen-bond donors (Lipinski definition) is 1. The molecule has 1 aliphatic rings. The highest BCUT2D eigenvalue weighted by atomic mass is 15.2. The highest BCUT2D eigenvalue weighted by Crippen LogP contribution is 2.29. The van der Waals surface area contributed by atoms with E-state index in [2.05, 4.69) is 33.7 Å². The summed E-state index contributed by atoms with van der Waals surface area (Å²) in [6.45, 7) is 1.06. The SMILES string of the molecule is Cn1cnnc1-c1ccccc1NCC1CCC1. The van der Waals surface area contributed by atoms with E-state index >= 15 is 0 Å². The molecule has 0 bridgehead atoms. The molecule has 0 spiro atoms. The van der Waals surface area contributed by atoms with Gasteiger partial charge in [0.05, 0.1) is 0 Å². The van der Waals surface area contributed by atoms with Gasteiger partial charge in [-0.05, 0) is 30.9 Å². The van der Waals surface area contributed by atoms with E-state index in [0.717, 1.165) is 29.5 Å². The average molecular weight is 242 g/mol. The van der Waals surface area contributed by atoms with E-state index in [1.807, 2.05) is 17.7 Å². The zero-order valence-electron chi connectivity index (χ0n) is 10.6. The second-order valence-corrected chi connectivity index (χ2v) is 4.99. The van der Waals surface area contributed by atoms with E-state index < -0.39 is 0 Å². The number of aromatic nitrogens is 3. The van der Waals surface area contributed by atoms with Crippen LogP contribution in [0.2, 0.25) is 0 Å². The van der Waals surface area contributed by atoms with E-state index in [-0.39, 0.29) is 0 Å². The van der Waals surface area contributed by atoms with Crippen LogP contribution in [-0.4, -0.2) is 21.3 Å². The lowest BCUT2D eigenvalue weighted by Crippen LogP contribution is -2.21. The Hall–Kier alpha value is -1.84. The Morgan fingerprint density at radius 2 is 2.17 bits per heavy atom. The van der Waals surface area contributed by atoms with Gasteiger partial charge in [-0.1, -0.05) is 18.6 Å². The van der Waals surface area contributed by atoms with Crippen LogP contribution in [0.4, 0.5) is 5.69 Å². The number of aryl methyl sites for hydroxylation is 1. The molecule has 0 unspecified atom stereocenters. The number of para-hydroxylation sites is 1. The molecule has 18 heavy (non-hydrogen) atoms. The van der Waals surface area contributed by atoms with Gasteiger partial charge in [0.2, 0.25) is 0 Å². The summed E-state index contributed by atoms with van der Waals surface area (Å²) in [7, 11) is 1.97. The lowest BCUT2D eigenvalue weighted by atomic mass is 9.85. The molecule has 3 rings (SSSR count). The average Bonchev–Trinajstić information content (AvgIpc) is 2.74. The molecule has 1 saturated carbocycles. The van der Waals surface area contributed by atoms with Crippen molar-refractivity contribution in [2.45, 2.75) is 19.3 Å². The minimum atomic E-state index is 0.845. The van der Waals surface area contributed by atoms with E-state index in [0.29, 0.717) is 0 Å². The van der Waals surface area contributed by atoms with Crippen LogP contribution in [0, 0.1) is 5.92 Å². The molecule has 0 saturated heterocycles. The van der Waals surface area contributed by atoms with E-state index in [4.69, 9.17) is 0 Å². The Kier molecular flexibility index (Phi) is 3.00. The van der Waals surface area contributed by atoms with E-state index in [9.17, 15) is 0 Å². The second-order valence-electron chi connectivity index (χ2n) is 4.99. The first-order chi connectivity index (χ1) is 8.84. The lowest BCUT2D eigenvalue weighted by molar-refractivity contribution is 0.333. The van der Waals surface area contributed by atoms with Crippen LogP contribution < -0.4 is 5.32 Å². The summed E-state index contributed by atoms with van der Waals surface area (Å²) < 4.78 is 1.95. The maximum atomic E-state index is 4.18. The van der Waals surface area contributed by atoms with E-state index in [1.165, 1.54) is 19.3 Å². The summed E-state index contributed by atoms with van der Waals surface area (Å²) in [5.41, 5.74) is 2.28. The molecular formula is C14H18N4. The first-order valence-electron chi connectivity index (χ1n) is 6.52. The van der Waals surface area contributed by atoms with Crippen molar-refractivity contribution in [3.8, 4) is 11.4 Å². The third kappa shape index (κ3) is 2.10. The topological polar surface area (TPSA) is 42.7 Å². The molecule has 2 aromatic rings. The first-order valence-corrected chi connectivity index (χ1v) is 6.52. The van der Waals surface area contributed by atoms with Crippen molar-refractivity contribution in [2.24, 2.45) is 13.0 Å². The minimum absolute atomic E-state index is 0.845. The van der Waals surface area contributed by atoms with Gasteiger partial charge in [0.1, 0.15) is 6.33 Å². The molecule has 1 N–H and O–H groups in total. The Morgan fingerprint density at radius 3 is 2.83 bits per heavy atom. The molecule has 0 atom stereocenters. The normalized spacial score (nSPS) is 15.4. The lowest BCUT2D eigenvalue weighted by Gasteiger charge is -2.26. The maximum Gasteiger partial charge on any atom is 0.165 e. The second kappa shape index (κ2) is 4.80. The zero-order valence-corrected chi connectivity index (χ0v) is 10.6. The van der Waals surface area contributed by atoms with Gasteiger partial charge in [-0.2, -0.15) is 0 Å². The fourth-order valence-corrected chi connectivity index (χ4v) is 2.31. The summed E-state index contributed by atoms with van der Waals surface area (Å²) in [5.74, 6) is 1.75. The summed E-state index contributed by atoms with van der Waals surface area (Å²) in [5, 5.41) is 11.7. The Bertz CT molecular complexity index is 528. The third-order valence-corrected chi connectivity index (χ3v) is 3.69. The van der Waals surface area contributed by atoms with Crippen molar-refractivity contribution in [1.82, 2.24) is 14.8 Å². The number of benzene rings is 1. The van der Waals surface area contributed by atoms with Crippen molar-refractivity contribution >= 4 is 5.69 Å². The Morgan fingerprint density at radius 1 is 1.33 bits per heavy atom. The summed E-state index contributed by atoms with van der Waals surface area (Å²) >= 11 is 0. The van der Waals surface area contributed by atoms with Crippen molar-refractivity contribution in [2.75, 3.05) is 11.9 Å². The molecule has 0 amide bonds. The fraction of sp³-hybridized carbons (Fsp3) is 0.429. The molecular weight excluding hydrogens is 224 g/mol. The molecule has 0 aliphatic heterocycles. The van der Waals surface area contributed by atoms with Gasteiger partial charge in [0, 0.05) is 24.8 Å². The highest BCUT2D eigenvalue weighted by molar-refractivity contribution is 5.73. The summed E-state index contributed by atoms with van der Waals surface area (Å²) in [6, 6.07) is 8.30. The van der Waals surface area contributed by atoms with Gasteiger partial charge in [0.25, 0.3) is 0 Å². The highest BCUT2D eigenvalue weighted by Gasteiger charge is 2.17. The van der Waals surface area contributed by atoms with Crippen LogP contribution in [0.1, 0.15) is 19.3 Å². The number of hydrogen-bond acceptors (Lipinski definition) is 3. The minimum Gasteiger partial charge on any atom is -0.384 e. The molecule has 4 heteroatoms. The number of rotatable bonds is 4. The van der Waals surface area contributed by atoms with Crippen LogP contribution in [-0.2, 0) is 7.05 Å². The molecule has 1 aromatic heterocycles. The molecule has 1 aromatic carbocycles. The van der Waals surface area contributed by atoms with Gasteiger partial charge >= 0.3 is 0 Å². The Balaban J connectivity index is 1.83. The summed E-state index contributed by atoms with van der Waals surface area (Å²) in [4.78, 5) is 0. The largest absolute Gasteiger partial charge is 0.384 e. The van der Waals surface area contributed by atoms with Gasteiger partial charge in [-0.3, -0.25) is 0 Å². The van der Waals surface area contributed by atoms with E-state index in [1.54, 1.807) is 6.33 Å².